The minimum Gasteiger partial charge on any atom is -0.467 e. The maximum atomic E-state index is 13.1. The molecule has 0 aliphatic carbocycles. The number of hydrogen-bond acceptors (Lipinski definition) is 6. The fourth-order valence-corrected chi connectivity index (χ4v) is 3.59. The summed E-state index contributed by atoms with van der Waals surface area (Å²) in [7, 11) is 1.18. The minimum atomic E-state index is -1.72. The monoisotopic (exact) mass is 471 g/mol. The number of rotatable bonds is 9. The number of methoxy groups -OCH3 is 1. The lowest BCUT2D eigenvalue weighted by atomic mass is 9.98. The van der Waals surface area contributed by atoms with Gasteiger partial charge in [0.2, 0.25) is 0 Å². The van der Waals surface area contributed by atoms with E-state index in [1.807, 2.05) is 6.07 Å². The van der Waals surface area contributed by atoms with Crippen molar-refractivity contribution in [3.63, 3.8) is 0 Å². The number of nitrogens with zero attached hydrogens (tertiary/aromatic N) is 1. The molecule has 2 amide bonds. The topological polar surface area (TPSA) is 129 Å². The first-order valence-corrected chi connectivity index (χ1v) is 10.9. The molecule has 3 atom stereocenters. The maximum absolute atomic E-state index is 13.1. The lowest BCUT2D eigenvalue weighted by molar-refractivity contribution is -0.146. The van der Waals surface area contributed by atoms with Gasteiger partial charge in [-0.1, -0.05) is 66.7 Å². The van der Waals surface area contributed by atoms with E-state index in [-0.39, 0.29) is 6.42 Å². The lowest BCUT2D eigenvalue weighted by Gasteiger charge is -2.26. The minimum absolute atomic E-state index is 0.0127. The van der Waals surface area contributed by atoms with Gasteiger partial charge in [0.05, 0.1) is 24.8 Å². The van der Waals surface area contributed by atoms with Gasteiger partial charge in [-0.2, -0.15) is 5.26 Å². The summed E-state index contributed by atoms with van der Waals surface area (Å²) in [5.74, 6) is -2.08. The Labute approximate surface area is 203 Å². The van der Waals surface area contributed by atoms with E-state index >= 15 is 0 Å². The summed E-state index contributed by atoms with van der Waals surface area (Å²) >= 11 is 0. The number of nitriles is 1. The molecule has 0 heterocycles. The van der Waals surface area contributed by atoms with Crippen LogP contribution < -0.4 is 10.6 Å². The number of aliphatic hydroxyl groups is 1. The molecule has 0 radical (unpaired) electrons. The van der Waals surface area contributed by atoms with Gasteiger partial charge in [-0.3, -0.25) is 9.59 Å². The second kappa shape index (κ2) is 12.1. The molecule has 35 heavy (non-hydrogen) atoms. The molecule has 0 spiro atoms. The molecular formula is C27H25N3O5. The Kier molecular flexibility index (Phi) is 8.70. The van der Waals surface area contributed by atoms with E-state index in [9.17, 15) is 24.8 Å². The van der Waals surface area contributed by atoms with Crippen LogP contribution in [0, 0.1) is 11.3 Å². The molecule has 0 aliphatic rings. The molecule has 178 valence electrons. The third kappa shape index (κ3) is 6.53. The van der Waals surface area contributed by atoms with Gasteiger partial charge in [0, 0.05) is 12.0 Å². The van der Waals surface area contributed by atoms with Crippen LogP contribution in [0.5, 0.6) is 0 Å². The Bertz CT molecular complexity index is 1210. The number of aliphatic hydroxyl groups excluding tert-OH is 1. The molecule has 0 saturated carbocycles. The number of ether oxygens (including phenoxy) is 1. The highest BCUT2D eigenvalue weighted by Gasteiger charge is 2.32. The first-order chi connectivity index (χ1) is 16.9. The predicted octanol–water partition coefficient (Wildman–Crippen LogP) is 2.29. The average Bonchev–Trinajstić information content (AvgIpc) is 2.91. The van der Waals surface area contributed by atoms with Crippen molar-refractivity contribution >= 4 is 17.8 Å². The van der Waals surface area contributed by atoms with E-state index in [1.165, 1.54) is 7.11 Å². The van der Waals surface area contributed by atoms with E-state index in [2.05, 4.69) is 10.6 Å². The van der Waals surface area contributed by atoms with Crippen LogP contribution in [0.2, 0.25) is 0 Å². The van der Waals surface area contributed by atoms with Gasteiger partial charge in [-0.15, -0.1) is 0 Å². The lowest BCUT2D eigenvalue weighted by Crippen LogP contribution is -2.51. The zero-order valence-corrected chi connectivity index (χ0v) is 19.0. The van der Waals surface area contributed by atoms with Crippen LogP contribution in [0.15, 0.2) is 84.9 Å². The third-order valence-electron chi connectivity index (χ3n) is 5.43. The van der Waals surface area contributed by atoms with E-state index in [4.69, 9.17) is 4.74 Å². The van der Waals surface area contributed by atoms with Crippen LogP contribution in [-0.4, -0.2) is 42.1 Å². The number of carbonyl (C=O) groups excluding carboxylic acids is 3. The maximum Gasteiger partial charge on any atom is 0.328 e. The first-order valence-electron chi connectivity index (χ1n) is 10.9. The van der Waals surface area contributed by atoms with Gasteiger partial charge in [0.25, 0.3) is 11.8 Å². The van der Waals surface area contributed by atoms with Gasteiger partial charge in [0.1, 0.15) is 6.04 Å². The van der Waals surface area contributed by atoms with Crippen molar-refractivity contribution in [1.29, 1.82) is 5.26 Å². The first kappa shape index (κ1) is 25.1. The van der Waals surface area contributed by atoms with Crippen molar-refractivity contribution < 1.29 is 24.2 Å². The van der Waals surface area contributed by atoms with E-state index < -0.39 is 36.0 Å². The standard InChI is InChI=1S/C27H25N3O5/c1-35-27(34)22(16-20-14-8-9-15-21(20)17-28)29-26(33)24(31)23(18-10-4-2-5-11-18)30-25(32)19-12-6-3-7-13-19/h2-15,22-24,31H,16H2,1H3,(H,29,33)(H,30,32)/t22-,23-,24+/m0/s1. The van der Waals surface area contributed by atoms with Gasteiger partial charge in [-0.05, 0) is 29.3 Å². The fourth-order valence-electron chi connectivity index (χ4n) is 3.59. The molecule has 0 fully saturated rings. The number of carbonyl (C=O) groups is 3. The van der Waals surface area contributed by atoms with Crippen LogP contribution >= 0.6 is 0 Å². The molecule has 0 aromatic heterocycles. The van der Waals surface area contributed by atoms with Crippen molar-refractivity contribution in [1.82, 2.24) is 10.6 Å². The summed E-state index contributed by atoms with van der Waals surface area (Å²) in [6.07, 6.45) is -1.73. The second-order valence-corrected chi connectivity index (χ2v) is 7.73. The molecule has 0 bridgehead atoms. The molecule has 8 nitrogen and oxygen atoms in total. The van der Waals surface area contributed by atoms with Gasteiger partial charge in [-0.25, -0.2) is 4.79 Å². The van der Waals surface area contributed by atoms with E-state index in [0.717, 1.165) is 0 Å². The number of esters is 1. The Morgan fingerprint density at radius 2 is 1.51 bits per heavy atom. The van der Waals surface area contributed by atoms with Crippen LogP contribution in [0.1, 0.15) is 33.1 Å². The highest BCUT2D eigenvalue weighted by molar-refractivity contribution is 5.95. The Morgan fingerprint density at radius 1 is 0.914 bits per heavy atom. The summed E-state index contributed by atoms with van der Waals surface area (Å²) in [4.78, 5) is 38.3. The van der Waals surface area contributed by atoms with Crippen LogP contribution in [0.4, 0.5) is 0 Å². The summed E-state index contributed by atoms with van der Waals surface area (Å²) in [6.45, 7) is 0. The van der Waals surface area contributed by atoms with Crippen LogP contribution in [-0.2, 0) is 20.7 Å². The SMILES string of the molecule is COC(=O)[C@H](Cc1ccccc1C#N)NC(=O)[C@H](O)[C@@H](NC(=O)c1ccccc1)c1ccccc1. The number of amides is 2. The van der Waals surface area contributed by atoms with E-state index in [0.29, 0.717) is 22.3 Å². The van der Waals surface area contributed by atoms with Gasteiger partial charge in [0.15, 0.2) is 6.10 Å². The number of nitrogens with one attached hydrogen (secondary N) is 2. The zero-order chi connectivity index (χ0) is 25.2. The number of hydrogen-bond donors (Lipinski definition) is 3. The highest BCUT2D eigenvalue weighted by atomic mass is 16.5. The molecule has 0 unspecified atom stereocenters. The van der Waals surface area contributed by atoms with Gasteiger partial charge >= 0.3 is 5.97 Å². The third-order valence-corrected chi connectivity index (χ3v) is 5.43. The molecular weight excluding hydrogens is 446 g/mol. The highest BCUT2D eigenvalue weighted by Crippen LogP contribution is 2.19. The Balaban J connectivity index is 1.83. The quantitative estimate of drug-likeness (QED) is 0.411. The van der Waals surface area contributed by atoms with Crippen molar-refractivity contribution in [3.05, 3.63) is 107 Å². The van der Waals surface area contributed by atoms with Crippen molar-refractivity contribution in [2.45, 2.75) is 24.6 Å². The van der Waals surface area contributed by atoms with Crippen molar-refractivity contribution in [2.75, 3.05) is 7.11 Å². The normalized spacial score (nSPS) is 12.9. The Hall–Kier alpha value is -4.48. The van der Waals surface area contributed by atoms with Crippen LogP contribution in [0.3, 0.4) is 0 Å². The predicted molar refractivity (Wildman–Crippen MR) is 128 cm³/mol. The summed E-state index contributed by atoms with van der Waals surface area (Å²) < 4.78 is 4.82. The van der Waals surface area contributed by atoms with Crippen LogP contribution in [0.25, 0.3) is 0 Å². The molecule has 3 aromatic rings. The average molecular weight is 472 g/mol. The Morgan fingerprint density at radius 3 is 2.14 bits per heavy atom. The summed E-state index contributed by atoms with van der Waals surface area (Å²) in [5, 5.41) is 25.5. The van der Waals surface area contributed by atoms with Crippen molar-refractivity contribution in [2.24, 2.45) is 0 Å². The molecule has 3 N–H and O–H groups in total. The van der Waals surface area contributed by atoms with Crippen molar-refractivity contribution in [3.8, 4) is 6.07 Å². The zero-order valence-electron chi connectivity index (χ0n) is 19.0. The van der Waals surface area contributed by atoms with E-state index in [1.54, 1.807) is 84.9 Å². The smallest absolute Gasteiger partial charge is 0.328 e. The molecule has 0 saturated heterocycles. The number of benzene rings is 3. The summed E-state index contributed by atoms with van der Waals surface area (Å²) in [6, 6.07) is 23.4. The molecule has 0 aliphatic heterocycles. The fraction of sp³-hybridized carbons (Fsp3) is 0.185. The molecule has 3 aromatic carbocycles. The summed E-state index contributed by atoms with van der Waals surface area (Å²) in [5.41, 5.74) is 1.76. The molecule has 3 rings (SSSR count). The van der Waals surface area contributed by atoms with Gasteiger partial charge < -0.3 is 20.5 Å². The molecule has 8 heteroatoms. The largest absolute Gasteiger partial charge is 0.467 e. The second-order valence-electron chi connectivity index (χ2n) is 7.73.